The fraction of sp³-hybridized carbons (Fsp3) is 0.368. The lowest BCUT2D eigenvalue weighted by atomic mass is 10.0. The SMILES string of the molecule is CC(O)CN(C(=O)NC(c1cccc(F)c1)c1ccccn1)C(C)C. The van der Waals surface area contributed by atoms with Crippen LogP contribution in [0.5, 0.6) is 0 Å². The lowest BCUT2D eigenvalue weighted by Crippen LogP contribution is -2.48. The van der Waals surface area contributed by atoms with Gasteiger partial charge in [0, 0.05) is 18.8 Å². The number of nitrogens with zero attached hydrogens (tertiary/aromatic N) is 2. The molecule has 5 nitrogen and oxygen atoms in total. The van der Waals surface area contributed by atoms with E-state index in [1.165, 1.54) is 12.1 Å². The van der Waals surface area contributed by atoms with Crippen molar-refractivity contribution in [3.05, 3.63) is 65.7 Å². The van der Waals surface area contributed by atoms with E-state index < -0.39 is 12.1 Å². The fourth-order valence-electron chi connectivity index (χ4n) is 2.58. The van der Waals surface area contributed by atoms with Gasteiger partial charge in [-0.25, -0.2) is 9.18 Å². The topological polar surface area (TPSA) is 65.5 Å². The summed E-state index contributed by atoms with van der Waals surface area (Å²) in [7, 11) is 0. The molecule has 0 saturated heterocycles. The molecule has 1 aromatic carbocycles. The van der Waals surface area contributed by atoms with E-state index in [9.17, 15) is 14.3 Å². The summed E-state index contributed by atoms with van der Waals surface area (Å²) in [6, 6.07) is 10.5. The Morgan fingerprint density at radius 3 is 2.56 bits per heavy atom. The highest BCUT2D eigenvalue weighted by Crippen LogP contribution is 2.21. The molecule has 6 heteroatoms. The molecule has 1 heterocycles. The number of aliphatic hydroxyl groups is 1. The van der Waals surface area contributed by atoms with Gasteiger partial charge in [-0.3, -0.25) is 4.98 Å². The lowest BCUT2D eigenvalue weighted by molar-refractivity contribution is 0.118. The Morgan fingerprint density at radius 1 is 1.24 bits per heavy atom. The molecule has 0 aliphatic heterocycles. The molecule has 134 valence electrons. The molecule has 2 N–H and O–H groups in total. The third-order valence-electron chi connectivity index (χ3n) is 3.78. The number of carbonyl (C=O) groups is 1. The molecule has 2 aromatic rings. The zero-order chi connectivity index (χ0) is 18.4. The summed E-state index contributed by atoms with van der Waals surface area (Å²) < 4.78 is 13.7. The lowest BCUT2D eigenvalue weighted by Gasteiger charge is -2.30. The summed E-state index contributed by atoms with van der Waals surface area (Å²) in [6.45, 7) is 5.59. The molecule has 25 heavy (non-hydrogen) atoms. The molecule has 0 fully saturated rings. The van der Waals surface area contributed by atoms with Crippen molar-refractivity contribution in [2.45, 2.75) is 39.0 Å². The Bertz CT molecular complexity index is 692. The van der Waals surface area contributed by atoms with Gasteiger partial charge in [0.2, 0.25) is 0 Å². The maximum Gasteiger partial charge on any atom is 0.318 e. The van der Waals surface area contributed by atoms with Gasteiger partial charge >= 0.3 is 6.03 Å². The first-order valence-corrected chi connectivity index (χ1v) is 8.30. The molecule has 2 unspecified atom stereocenters. The van der Waals surface area contributed by atoms with Crippen molar-refractivity contribution < 1.29 is 14.3 Å². The summed E-state index contributed by atoms with van der Waals surface area (Å²) in [6.07, 6.45) is 0.986. The Hall–Kier alpha value is -2.47. The van der Waals surface area contributed by atoms with Crippen LogP contribution in [-0.4, -0.2) is 39.7 Å². The van der Waals surface area contributed by atoms with Gasteiger partial charge in [-0.2, -0.15) is 0 Å². The molecule has 0 aliphatic rings. The van der Waals surface area contributed by atoms with Gasteiger partial charge in [0.15, 0.2) is 0 Å². The summed E-state index contributed by atoms with van der Waals surface area (Å²) in [5.41, 5.74) is 1.22. The van der Waals surface area contributed by atoms with Crippen LogP contribution in [0.2, 0.25) is 0 Å². The second-order valence-electron chi connectivity index (χ2n) is 6.29. The predicted molar refractivity (Wildman–Crippen MR) is 94.5 cm³/mol. The number of halogens is 1. The number of aromatic nitrogens is 1. The second-order valence-corrected chi connectivity index (χ2v) is 6.29. The smallest absolute Gasteiger partial charge is 0.318 e. The van der Waals surface area contributed by atoms with Gasteiger partial charge in [-0.05, 0) is 50.6 Å². The third kappa shape index (κ3) is 5.26. The van der Waals surface area contributed by atoms with Crippen molar-refractivity contribution in [1.29, 1.82) is 0 Å². The summed E-state index contributed by atoms with van der Waals surface area (Å²) >= 11 is 0. The molecule has 1 aromatic heterocycles. The molecule has 0 aliphatic carbocycles. The van der Waals surface area contributed by atoms with Gasteiger partial charge < -0.3 is 15.3 Å². The number of carbonyl (C=O) groups excluding carboxylic acids is 1. The predicted octanol–water partition coefficient (Wildman–Crippen LogP) is 3.11. The summed E-state index contributed by atoms with van der Waals surface area (Å²) in [4.78, 5) is 18.6. The number of hydrogen-bond donors (Lipinski definition) is 2. The van der Waals surface area contributed by atoms with E-state index in [1.807, 2.05) is 19.9 Å². The van der Waals surface area contributed by atoms with Crippen LogP contribution in [0.15, 0.2) is 48.7 Å². The monoisotopic (exact) mass is 345 g/mol. The average Bonchev–Trinajstić information content (AvgIpc) is 2.57. The number of aliphatic hydroxyl groups excluding tert-OH is 1. The normalized spacial score (nSPS) is 13.4. The molecular weight excluding hydrogens is 321 g/mol. The second kappa shape index (κ2) is 8.58. The fourth-order valence-corrected chi connectivity index (χ4v) is 2.58. The highest BCUT2D eigenvalue weighted by molar-refractivity contribution is 5.75. The van der Waals surface area contributed by atoms with Crippen molar-refractivity contribution in [3.8, 4) is 0 Å². The number of rotatable bonds is 6. The number of amides is 2. The van der Waals surface area contributed by atoms with E-state index in [0.29, 0.717) is 11.3 Å². The van der Waals surface area contributed by atoms with Crippen LogP contribution in [0.4, 0.5) is 9.18 Å². The van der Waals surface area contributed by atoms with Crippen molar-refractivity contribution >= 4 is 6.03 Å². The van der Waals surface area contributed by atoms with Crippen molar-refractivity contribution in [1.82, 2.24) is 15.2 Å². The van der Waals surface area contributed by atoms with E-state index in [1.54, 1.807) is 42.3 Å². The Morgan fingerprint density at radius 2 is 2.00 bits per heavy atom. The van der Waals surface area contributed by atoms with Crippen molar-refractivity contribution in [2.75, 3.05) is 6.54 Å². The van der Waals surface area contributed by atoms with Crippen molar-refractivity contribution in [2.24, 2.45) is 0 Å². The maximum absolute atomic E-state index is 13.7. The summed E-state index contributed by atoms with van der Waals surface area (Å²) in [5.74, 6) is -0.377. The number of hydrogen-bond acceptors (Lipinski definition) is 3. The van der Waals surface area contributed by atoms with E-state index in [2.05, 4.69) is 10.3 Å². The van der Waals surface area contributed by atoms with Gasteiger partial charge in [-0.1, -0.05) is 18.2 Å². The van der Waals surface area contributed by atoms with Crippen LogP contribution < -0.4 is 5.32 Å². The van der Waals surface area contributed by atoms with Gasteiger partial charge in [0.25, 0.3) is 0 Å². The van der Waals surface area contributed by atoms with Gasteiger partial charge in [-0.15, -0.1) is 0 Å². The Balaban J connectivity index is 2.31. The first-order valence-electron chi connectivity index (χ1n) is 8.30. The maximum atomic E-state index is 13.7. The van der Waals surface area contributed by atoms with Crippen LogP contribution >= 0.6 is 0 Å². The standard InChI is InChI=1S/C19H24FN3O2/c1-13(2)23(12-14(3)24)19(25)22-18(17-9-4-5-10-21-17)15-7-6-8-16(20)11-15/h4-11,13-14,18,24H,12H2,1-3H3,(H,22,25). The van der Waals surface area contributed by atoms with Crippen LogP contribution in [0.1, 0.15) is 38.1 Å². The van der Waals surface area contributed by atoms with Crippen LogP contribution in [-0.2, 0) is 0 Å². The van der Waals surface area contributed by atoms with Crippen LogP contribution in [0, 0.1) is 5.82 Å². The van der Waals surface area contributed by atoms with Crippen LogP contribution in [0.25, 0.3) is 0 Å². The van der Waals surface area contributed by atoms with Crippen molar-refractivity contribution in [3.63, 3.8) is 0 Å². The Kier molecular flexibility index (Phi) is 6.47. The first kappa shape index (κ1) is 18.9. The van der Waals surface area contributed by atoms with E-state index in [4.69, 9.17) is 0 Å². The number of pyridine rings is 1. The number of urea groups is 1. The molecular formula is C19H24FN3O2. The van der Waals surface area contributed by atoms with E-state index in [0.717, 1.165) is 0 Å². The van der Waals surface area contributed by atoms with E-state index >= 15 is 0 Å². The minimum Gasteiger partial charge on any atom is -0.392 e. The van der Waals surface area contributed by atoms with E-state index in [-0.39, 0.29) is 24.4 Å². The zero-order valence-electron chi connectivity index (χ0n) is 14.7. The molecule has 0 saturated carbocycles. The molecule has 2 amide bonds. The molecule has 2 rings (SSSR count). The number of benzene rings is 1. The van der Waals surface area contributed by atoms with Crippen LogP contribution in [0.3, 0.4) is 0 Å². The zero-order valence-corrected chi connectivity index (χ0v) is 14.7. The first-order chi connectivity index (χ1) is 11.9. The molecule has 0 spiro atoms. The minimum atomic E-state index is -0.643. The average molecular weight is 345 g/mol. The van der Waals surface area contributed by atoms with Gasteiger partial charge in [0.1, 0.15) is 5.82 Å². The highest BCUT2D eigenvalue weighted by atomic mass is 19.1. The quantitative estimate of drug-likeness (QED) is 0.845. The minimum absolute atomic E-state index is 0.0912. The third-order valence-corrected chi connectivity index (χ3v) is 3.78. The molecule has 2 atom stereocenters. The molecule has 0 bridgehead atoms. The molecule has 0 radical (unpaired) electrons. The van der Waals surface area contributed by atoms with Gasteiger partial charge in [0.05, 0.1) is 17.8 Å². The number of nitrogens with one attached hydrogen (secondary N) is 1. The Labute approximate surface area is 147 Å². The largest absolute Gasteiger partial charge is 0.392 e. The highest BCUT2D eigenvalue weighted by Gasteiger charge is 2.24. The summed E-state index contributed by atoms with van der Waals surface area (Å²) in [5, 5.41) is 12.6.